The predicted octanol–water partition coefficient (Wildman–Crippen LogP) is 8.14. The molecule has 0 radical (unpaired) electrons. The molecule has 2 aromatic carbocycles. The average Bonchev–Trinajstić information content (AvgIpc) is 3.68. The van der Waals surface area contributed by atoms with Crippen molar-refractivity contribution in [2.24, 2.45) is 5.92 Å². The Balaban J connectivity index is 0.000000173. The van der Waals surface area contributed by atoms with Crippen LogP contribution in [0, 0.1) is 11.7 Å². The molecule has 0 unspecified atom stereocenters. The molecule has 32 heavy (non-hydrogen) atoms. The molecule has 0 aliphatic heterocycles. The van der Waals surface area contributed by atoms with Crippen LogP contribution < -0.4 is 5.32 Å². The van der Waals surface area contributed by atoms with Gasteiger partial charge in [-0.3, -0.25) is 9.78 Å². The van der Waals surface area contributed by atoms with E-state index < -0.39 is 0 Å². The van der Waals surface area contributed by atoms with Gasteiger partial charge in [-0.25, -0.2) is 4.39 Å². The molecule has 2 aliphatic carbocycles. The van der Waals surface area contributed by atoms with Crippen LogP contribution in [0.25, 0.3) is 10.9 Å². The summed E-state index contributed by atoms with van der Waals surface area (Å²) in [6, 6.07) is 14.1. The van der Waals surface area contributed by atoms with E-state index in [1.165, 1.54) is 43.7 Å². The van der Waals surface area contributed by atoms with Crippen molar-refractivity contribution in [1.29, 1.82) is 0 Å². The molecule has 2 saturated carbocycles. The number of nitrogens with zero attached hydrogens (tertiary/aromatic N) is 1. The maximum absolute atomic E-state index is 13.4. The monoisotopic (exact) mass is 454 g/mol. The average molecular weight is 455 g/mol. The van der Waals surface area contributed by atoms with E-state index in [-0.39, 0.29) is 17.6 Å². The smallest absolute Gasteiger partial charge is 0.227 e. The van der Waals surface area contributed by atoms with Gasteiger partial charge in [-0.1, -0.05) is 44.7 Å². The zero-order valence-corrected chi connectivity index (χ0v) is 19.7. The van der Waals surface area contributed by atoms with E-state index in [4.69, 9.17) is 11.6 Å². The third-order valence-electron chi connectivity index (χ3n) is 5.84. The highest BCUT2D eigenvalue weighted by atomic mass is 35.5. The maximum Gasteiger partial charge on any atom is 0.227 e. The quantitative estimate of drug-likeness (QED) is 0.434. The molecule has 5 heteroatoms. The van der Waals surface area contributed by atoms with Crippen LogP contribution >= 0.6 is 11.6 Å². The van der Waals surface area contributed by atoms with Gasteiger partial charge in [0.1, 0.15) is 5.82 Å². The Hall–Kier alpha value is -2.46. The van der Waals surface area contributed by atoms with Crippen LogP contribution in [0.15, 0.2) is 54.7 Å². The van der Waals surface area contributed by atoms with Gasteiger partial charge in [-0.15, -0.1) is 0 Å². The number of rotatable bonds is 3. The number of anilines is 1. The highest BCUT2D eigenvalue weighted by Crippen LogP contribution is 2.36. The summed E-state index contributed by atoms with van der Waals surface area (Å²) in [7, 11) is 0. The molecular weight excluding hydrogens is 423 g/mol. The fourth-order valence-corrected chi connectivity index (χ4v) is 4.16. The number of halogens is 2. The Morgan fingerprint density at radius 2 is 1.66 bits per heavy atom. The Kier molecular flexibility index (Phi) is 9.04. The number of fused-ring (bicyclic) bond motifs is 1. The van der Waals surface area contributed by atoms with Crippen LogP contribution in [0.4, 0.5) is 10.1 Å². The first kappa shape index (κ1) is 24.2. The van der Waals surface area contributed by atoms with Gasteiger partial charge in [0.05, 0.1) is 5.52 Å². The van der Waals surface area contributed by atoms with Gasteiger partial charge >= 0.3 is 0 Å². The SMILES string of the molecule is CC.Fc1ccc2nccc(C3CCCCC3)c2c1.O=C(Nc1ccc(Cl)cc1)C1CC1. The number of amides is 1. The lowest BCUT2D eigenvalue weighted by molar-refractivity contribution is -0.117. The van der Waals surface area contributed by atoms with Gasteiger partial charge < -0.3 is 5.32 Å². The molecule has 1 heterocycles. The van der Waals surface area contributed by atoms with Crippen molar-refractivity contribution in [3.8, 4) is 0 Å². The first-order valence-corrected chi connectivity index (χ1v) is 12.1. The maximum atomic E-state index is 13.4. The van der Waals surface area contributed by atoms with Gasteiger partial charge in [-0.2, -0.15) is 0 Å². The van der Waals surface area contributed by atoms with Crippen LogP contribution in [0.3, 0.4) is 0 Å². The van der Waals surface area contributed by atoms with Crippen LogP contribution in [0.2, 0.25) is 5.02 Å². The van der Waals surface area contributed by atoms with Crippen LogP contribution in [0.1, 0.15) is 70.3 Å². The summed E-state index contributed by atoms with van der Waals surface area (Å²) >= 11 is 5.71. The molecule has 0 spiro atoms. The van der Waals surface area contributed by atoms with E-state index in [0.717, 1.165) is 29.4 Å². The third kappa shape index (κ3) is 6.77. The molecule has 5 rings (SSSR count). The highest BCUT2D eigenvalue weighted by molar-refractivity contribution is 6.30. The second-order valence-electron chi connectivity index (χ2n) is 8.17. The van der Waals surface area contributed by atoms with E-state index >= 15 is 0 Å². The fraction of sp³-hybridized carbons (Fsp3) is 0.407. The molecule has 1 N–H and O–H groups in total. The number of hydrogen-bond donors (Lipinski definition) is 1. The first-order valence-electron chi connectivity index (χ1n) is 11.7. The summed E-state index contributed by atoms with van der Waals surface area (Å²) in [6.45, 7) is 4.00. The number of pyridine rings is 1. The second kappa shape index (κ2) is 12.0. The predicted molar refractivity (Wildman–Crippen MR) is 132 cm³/mol. The van der Waals surface area contributed by atoms with Crippen molar-refractivity contribution in [1.82, 2.24) is 4.98 Å². The third-order valence-corrected chi connectivity index (χ3v) is 6.09. The van der Waals surface area contributed by atoms with E-state index in [0.29, 0.717) is 10.9 Å². The molecule has 3 aromatic rings. The number of aromatic nitrogens is 1. The summed E-state index contributed by atoms with van der Waals surface area (Å²) in [6.07, 6.45) is 10.3. The van der Waals surface area contributed by atoms with Crippen LogP contribution in [-0.4, -0.2) is 10.9 Å². The minimum Gasteiger partial charge on any atom is -0.326 e. The summed E-state index contributed by atoms with van der Waals surface area (Å²) in [5.41, 5.74) is 3.02. The molecular formula is C27H32ClFN2O. The second-order valence-corrected chi connectivity index (χ2v) is 8.60. The fourth-order valence-electron chi connectivity index (χ4n) is 4.03. The summed E-state index contributed by atoms with van der Waals surface area (Å²) in [5, 5.41) is 4.52. The van der Waals surface area contributed by atoms with Crippen LogP contribution in [0.5, 0.6) is 0 Å². The molecule has 0 bridgehead atoms. The van der Waals surface area contributed by atoms with Crippen molar-refractivity contribution in [2.45, 2.75) is 64.7 Å². The largest absolute Gasteiger partial charge is 0.326 e. The minimum absolute atomic E-state index is 0.127. The van der Waals surface area contributed by atoms with Gasteiger partial charge in [0.2, 0.25) is 5.91 Å². The summed E-state index contributed by atoms with van der Waals surface area (Å²) in [4.78, 5) is 15.6. The molecule has 2 aliphatic rings. The lowest BCUT2D eigenvalue weighted by atomic mass is 9.83. The highest BCUT2D eigenvalue weighted by Gasteiger charge is 2.29. The first-order chi connectivity index (χ1) is 15.6. The Labute approximate surface area is 195 Å². The Bertz CT molecular complexity index is 1010. The van der Waals surface area contributed by atoms with Crippen molar-refractivity contribution < 1.29 is 9.18 Å². The van der Waals surface area contributed by atoms with Crippen molar-refractivity contribution in [3.63, 3.8) is 0 Å². The number of nitrogens with one attached hydrogen (secondary N) is 1. The molecule has 1 aromatic heterocycles. The topological polar surface area (TPSA) is 42.0 Å². The number of benzene rings is 2. The van der Waals surface area contributed by atoms with Crippen molar-refractivity contribution in [2.75, 3.05) is 5.32 Å². The van der Waals surface area contributed by atoms with E-state index in [9.17, 15) is 9.18 Å². The van der Waals surface area contributed by atoms with E-state index in [2.05, 4.69) is 16.4 Å². The minimum atomic E-state index is -0.164. The molecule has 170 valence electrons. The molecule has 3 nitrogen and oxygen atoms in total. The zero-order chi connectivity index (χ0) is 22.9. The van der Waals surface area contributed by atoms with Gasteiger partial charge in [0, 0.05) is 28.2 Å². The number of hydrogen-bond acceptors (Lipinski definition) is 2. The van der Waals surface area contributed by atoms with E-state index in [1.807, 2.05) is 32.2 Å². The van der Waals surface area contributed by atoms with Crippen molar-refractivity contribution >= 4 is 34.1 Å². The Morgan fingerprint density at radius 1 is 0.969 bits per heavy atom. The van der Waals surface area contributed by atoms with E-state index in [1.54, 1.807) is 24.3 Å². The standard InChI is InChI=1S/C15H16FN.C10H10ClNO.C2H6/c16-12-6-7-15-14(10-12)13(8-9-17-15)11-4-2-1-3-5-11;11-8-3-5-9(6-4-8)12-10(13)7-1-2-7;1-2/h6-11H,1-5H2;3-7H,1-2H2,(H,12,13);1-2H3. The molecule has 2 fully saturated rings. The number of carbonyl (C=O) groups is 1. The number of carbonyl (C=O) groups excluding carboxylic acids is 1. The zero-order valence-electron chi connectivity index (χ0n) is 18.9. The Morgan fingerprint density at radius 3 is 2.31 bits per heavy atom. The summed E-state index contributed by atoms with van der Waals surface area (Å²) < 4.78 is 13.4. The lowest BCUT2D eigenvalue weighted by Crippen LogP contribution is -2.12. The normalized spacial score (nSPS) is 15.8. The van der Waals surface area contributed by atoms with Gasteiger partial charge in [0.15, 0.2) is 0 Å². The summed E-state index contributed by atoms with van der Waals surface area (Å²) in [5.74, 6) is 0.802. The van der Waals surface area contributed by atoms with Crippen LogP contribution in [-0.2, 0) is 4.79 Å². The lowest BCUT2D eigenvalue weighted by Gasteiger charge is -2.23. The molecule has 0 saturated heterocycles. The molecule has 0 atom stereocenters. The van der Waals surface area contributed by atoms with Crippen molar-refractivity contribution in [3.05, 3.63) is 71.1 Å². The molecule has 1 amide bonds. The van der Waals surface area contributed by atoms with Gasteiger partial charge in [0.25, 0.3) is 0 Å². The van der Waals surface area contributed by atoms with Gasteiger partial charge in [-0.05, 0) is 85.7 Å².